The van der Waals surface area contributed by atoms with Crippen LogP contribution in [0.25, 0.3) is 0 Å². The molecule has 0 aromatic carbocycles. The molecule has 1 fully saturated rings. The summed E-state index contributed by atoms with van der Waals surface area (Å²) in [6.07, 6.45) is 1.71. The van der Waals surface area contributed by atoms with E-state index in [1.54, 1.807) is 0 Å². The highest BCUT2D eigenvalue weighted by atomic mass is 16.3. The Morgan fingerprint density at radius 3 is 2.32 bits per heavy atom. The zero-order chi connectivity index (χ0) is 14.1. The minimum atomic E-state index is -0.636. The van der Waals surface area contributed by atoms with Crippen LogP contribution in [0.3, 0.4) is 0 Å². The van der Waals surface area contributed by atoms with Crippen molar-refractivity contribution in [1.29, 1.82) is 0 Å². The number of carbonyl (C=O) groups excluding carboxylic acids is 1. The van der Waals surface area contributed by atoms with Crippen molar-refractivity contribution in [2.75, 3.05) is 45.8 Å². The van der Waals surface area contributed by atoms with Gasteiger partial charge in [0.15, 0.2) is 6.54 Å². The Balaban J connectivity index is 2.50. The molecular formula is C13H27N4O2+. The fourth-order valence-electron chi connectivity index (χ4n) is 2.05. The number of nitrogens with zero attached hydrogens (tertiary/aromatic N) is 1. The average Bonchev–Trinajstić information content (AvgIpc) is 2.34. The van der Waals surface area contributed by atoms with Gasteiger partial charge < -0.3 is 16.0 Å². The van der Waals surface area contributed by atoms with E-state index >= 15 is 0 Å². The number of rotatable bonds is 0. The zero-order valence-corrected chi connectivity index (χ0v) is 12.1. The number of nitrogens with one attached hydrogen (secondary N) is 3. The van der Waals surface area contributed by atoms with Crippen molar-refractivity contribution >= 4 is 5.91 Å². The number of hydrogen-bond donors (Lipinski definition) is 3. The van der Waals surface area contributed by atoms with E-state index in [0.717, 1.165) is 43.8 Å². The highest BCUT2D eigenvalue weighted by molar-refractivity contribution is 5.81. The van der Waals surface area contributed by atoms with Gasteiger partial charge >= 0.3 is 0 Å². The van der Waals surface area contributed by atoms with Gasteiger partial charge in [-0.1, -0.05) is 0 Å². The maximum Gasteiger partial charge on any atom is 0.232 e. The molecule has 1 heterocycles. The van der Waals surface area contributed by atoms with Crippen molar-refractivity contribution in [2.45, 2.75) is 26.7 Å². The van der Waals surface area contributed by atoms with Crippen LogP contribution in [0, 0.1) is 10.3 Å². The smallest absolute Gasteiger partial charge is 0.232 e. The Labute approximate surface area is 115 Å². The van der Waals surface area contributed by atoms with E-state index < -0.39 is 5.41 Å². The molecule has 1 aliphatic heterocycles. The van der Waals surface area contributed by atoms with E-state index in [4.69, 9.17) is 0 Å². The third-order valence-electron chi connectivity index (χ3n) is 3.24. The number of amides is 1. The summed E-state index contributed by atoms with van der Waals surface area (Å²) in [6.45, 7) is 8.58. The van der Waals surface area contributed by atoms with E-state index in [2.05, 4.69) is 16.0 Å². The Kier molecular flexibility index (Phi) is 6.94. The predicted octanol–water partition coefficient (Wildman–Crippen LogP) is -0.119. The Hall–Kier alpha value is -1.01. The van der Waals surface area contributed by atoms with Gasteiger partial charge in [0.1, 0.15) is 5.41 Å². The summed E-state index contributed by atoms with van der Waals surface area (Å²) in [6, 6.07) is 0. The number of carbonyl (C=O) groups is 1. The standard InChI is InChI=1S/C13H26N4O2/c1-13(2)11-17(19)10-4-6-15-9-8-14-5-3-7-16-12(13)18/h14-15H,3-11H2,1-2H3/p+1. The third-order valence-corrected chi connectivity index (χ3v) is 3.24. The van der Waals surface area contributed by atoms with Crippen molar-refractivity contribution < 1.29 is 9.55 Å². The molecule has 1 rings (SSSR count). The second-order valence-electron chi connectivity index (χ2n) is 5.71. The fraction of sp³-hybridized carbons (Fsp3) is 0.923. The van der Waals surface area contributed by atoms with Crippen LogP contribution in [0.1, 0.15) is 26.7 Å². The van der Waals surface area contributed by atoms with Crippen molar-refractivity contribution in [3.05, 3.63) is 4.91 Å². The molecule has 0 radical (unpaired) electrons. The van der Waals surface area contributed by atoms with Crippen LogP contribution in [0.4, 0.5) is 0 Å². The quantitative estimate of drug-likeness (QED) is 0.537. The van der Waals surface area contributed by atoms with Crippen LogP contribution in [0.2, 0.25) is 0 Å². The van der Waals surface area contributed by atoms with Gasteiger partial charge in [-0.2, -0.15) is 0 Å². The summed E-state index contributed by atoms with van der Waals surface area (Å²) < 4.78 is 0.999. The van der Waals surface area contributed by atoms with Gasteiger partial charge in [0.05, 0.1) is 0 Å². The van der Waals surface area contributed by atoms with Gasteiger partial charge in [0, 0.05) is 37.5 Å². The number of nitroso groups, excluding NO2 is 1. The molecule has 3 N–H and O–H groups in total. The molecule has 0 aromatic rings. The van der Waals surface area contributed by atoms with E-state index in [1.165, 1.54) is 0 Å². The molecule has 0 saturated carbocycles. The maximum absolute atomic E-state index is 12.0. The lowest BCUT2D eigenvalue weighted by Crippen LogP contribution is -2.43. The van der Waals surface area contributed by atoms with Crippen molar-refractivity contribution in [1.82, 2.24) is 16.0 Å². The SMILES string of the molecule is CC1(C)C[N+](=O)CCCNCCNCCCNC1=O. The topological polar surface area (TPSA) is 73.2 Å². The van der Waals surface area contributed by atoms with Crippen LogP contribution >= 0.6 is 0 Å². The van der Waals surface area contributed by atoms with E-state index in [1.807, 2.05) is 13.8 Å². The molecule has 110 valence electrons. The summed E-state index contributed by atoms with van der Waals surface area (Å²) in [7, 11) is 0. The number of hydrogen-bond acceptors (Lipinski definition) is 4. The molecule has 6 nitrogen and oxygen atoms in total. The van der Waals surface area contributed by atoms with Gasteiger partial charge in [-0.25, -0.2) is 0 Å². The van der Waals surface area contributed by atoms with E-state index in [-0.39, 0.29) is 12.5 Å². The normalized spacial score (nSPS) is 24.1. The molecule has 0 aromatic heterocycles. The lowest BCUT2D eigenvalue weighted by molar-refractivity contribution is -0.559. The van der Waals surface area contributed by atoms with Crippen LogP contribution in [0.15, 0.2) is 0 Å². The van der Waals surface area contributed by atoms with Crippen LogP contribution in [0.5, 0.6) is 0 Å². The molecule has 19 heavy (non-hydrogen) atoms. The van der Waals surface area contributed by atoms with Crippen LogP contribution < -0.4 is 16.0 Å². The van der Waals surface area contributed by atoms with Crippen molar-refractivity contribution in [3.63, 3.8) is 0 Å². The summed E-state index contributed by atoms with van der Waals surface area (Å²) in [4.78, 5) is 23.8. The van der Waals surface area contributed by atoms with E-state index in [9.17, 15) is 9.70 Å². The lowest BCUT2D eigenvalue weighted by Gasteiger charge is -2.19. The Bertz CT molecular complexity index is 305. The van der Waals surface area contributed by atoms with E-state index in [0.29, 0.717) is 13.1 Å². The first kappa shape index (κ1) is 16.0. The third kappa shape index (κ3) is 6.63. The molecule has 0 aliphatic carbocycles. The first-order valence-corrected chi connectivity index (χ1v) is 7.14. The maximum atomic E-state index is 12.0. The summed E-state index contributed by atoms with van der Waals surface area (Å²) >= 11 is 0. The predicted molar refractivity (Wildman–Crippen MR) is 75.1 cm³/mol. The fourth-order valence-corrected chi connectivity index (χ4v) is 2.05. The average molecular weight is 271 g/mol. The van der Waals surface area contributed by atoms with Gasteiger partial charge in [-0.05, 0) is 31.6 Å². The summed E-state index contributed by atoms with van der Waals surface area (Å²) in [5.74, 6) is -0.0404. The van der Waals surface area contributed by atoms with Crippen molar-refractivity contribution in [3.8, 4) is 0 Å². The minimum Gasteiger partial charge on any atom is -0.355 e. The molecule has 6 heteroatoms. The highest BCUT2D eigenvalue weighted by Gasteiger charge is 2.34. The molecule has 1 saturated heterocycles. The van der Waals surface area contributed by atoms with Crippen molar-refractivity contribution in [2.24, 2.45) is 5.41 Å². The van der Waals surface area contributed by atoms with Crippen LogP contribution in [-0.2, 0) is 4.79 Å². The molecule has 1 aliphatic rings. The van der Waals surface area contributed by atoms with Gasteiger partial charge in [-0.15, -0.1) is 0 Å². The molecule has 0 bridgehead atoms. The zero-order valence-electron chi connectivity index (χ0n) is 12.1. The first-order valence-electron chi connectivity index (χ1n) is 7.14. The molecule has 0 unspecified atom stereocenters. The first-order chi connectivity index (χ1) is 9.02. The Morgan fingerprint density at radius 2 is 1.63 bits per heavy atom. The van der Waals surface area contributed by atoms with Gasteiger partial charge in [-0.3, -0.25) is 4.79 Å². The Morgan fingerprint density at radius 1 is 1.00 bits per heavy atom. The van der Waals surface area contributed by atoms with Gasteiger partial charge in [0.25, 0.3) is 0 Å². The molecular weight excluding hydrogens is 244 g/mol. The second kappa shape index (κ2) is 8.22. The minimum absolute atomic E-state index is 0.0404. The largest absolute Gasteiger partial charge is 0.355 e. The highest BCUT2D eigenvalue weighted by Crippen LogP contribution is 2.15. The molecule has 0 spiro atoms. The lowest BCUT2D eigenvalue weighted by atomic mass is 9.92. The van der Waals surface area contributed by atoms with Gasteiger partial charge in [0.2, 0.25) is 12.5 Å². The van der Waals surface area contributed by atoms with Crippen LogP contribution in [-0.4, -0.2) is 56.5 Å². The second-order valence-corrected chi connectivity index (χ2v) is 5.71. The molecule has 0 atom stereocenters. The summed E-state index contributed by atoms with van der Waals surface area (Å²) in [5.41, 5.74) is -0.636. The summed E-state index contributed by atoms with van der Waals surface area (Å²) in [5, 5.41) is 9.51. The molecule has 1 amide bonds. The monoisotopic (exact) mass is 271 g/mol.